The van der Waals surface area contributed by atoms with Gasteiger partial charge in [0.15, 0.2) is 5.13 Å². The summed E-state index contributed by atoms with van der Waals surface area (Å²) in [7, 11) is 0. The molecule has 8 nitrogen and oxygen atoms in total. The second-order valence-electron chi connectivity index (χ2n) is 8.67. The monoisotopic (exact) mass is 438 g/mol. The van der Waals surface area contributed by atoms with E-state index in [0.717, 1.165) is 40.4 Å². The van der Waals surface area contributed by atoms with Crippen molar-refractivity contribution in [2.75, 3.05) is 11.1 Å². The number of carboxylic acid groups (broad SMARTS) is 1. The topological polar surface area (TPSA) is 117 Å². The largest absolute Gasteiger partial charge is 0.465 e. The number of nitrogens with two attached hydrogens (primary N) is 1. The summed E-state index contributed by atoms with van der Waals surface area (Å²) in [6.45, 7) is 5.97. The first kappa shape index (κ1) is 21.0. The second-order valence-corrected chi connectivity index (χ2v) is 9.70. The van der Waals surface area contributed by atoms with Crippen LogP contribution in [0.3, 0.4) is 0 Å². The summed E-state index contributed by atoms with van der Waals surface area (Å²) < 4.78 is 0. The van der Waals surface area contributed by atoms with Crippen molar-refractivity contribution in [3.63, 3.8) is 0 Å². The molecule has 3 aromatic rings. The summed E-state index contributed by atoms with van der Waals surface area (Å²) in [6.07, 6.45) is 3.08. The van der Waals surface area contributed by atoms with Gasteiger partial charge in [0.05, 0.1) is 16.3 Å². The van der Waals surface area contributed by atoms with Crippen molar-refractivity contribution < 1.29 is 9.90 Å². The standard InChI is InChI=1S/C22H26N6O2S/c1-22(2,3)28(21(29)30)12-13-4-8-15(9-5-13)25-20-24-11-10-16(26-20)18-17(14-6-7-14)27-19(23)31-18/h4-5,8-11,14H,6-7,12H2,1-3H3,(H2,23,27)(H,29,30)(H,24,25,26). The zero-order valence-electron chi connectivity index (χ0n) is 17.8. The summed E-state index contributed by atoms with van der Waals surface area (Å²) in [6, 6.07) is 9.48. The van der Waals surface area contributed by atoms with Crippen molar-refractivity contribution in [1.82, 2.24) is 19.9 Å². The number of aromatic nitrogens is 3. The summed E-state index contributed by atoms with van der Waals surface area (Å²) >= 11 is 1.46. The number of nitrogens with one attached hydrogen (secondary N) is 1. The summed E-state index contributed by atoms with van der Waals surface area (Å²) in [5.41, 5.74) is 9.06. The van der Waals surface area contributed by atoms with Gasteiger partial charge in [0.25, 0.3) is 0 Å². The highest BCUT2D eigenvalue weighted by molar-refractivity contribution is 7.18. The molecule has 1 aliphatic carbocycles. The number of nitrogens with zero attached hydrogens (tertiary/aromatic N) is 4. The number of carbonyl (C=O) groups is 1. The van der Waals surface area contributed by atoms with E-state index in [1.807, 2.05) is 51.1 Å². The molecular formula is C22H26N6O2S. The van der Waals surface area contributed by atoms with E-state index in [-0.39, 0.29) is 0 Å². The average Bonchev–Trinajstić information content (AvgIpc) is 3.48. The molecule has 1 fully saturated rings. The second kappa shape index (κ2) is 8.14. The van der Waals surface area contributed by atoms with Crippen molar-refractivity contribution in [2.24, 2.45) is 0 Å². The van der Waals surface area contributed by atoms with E-state index < -0.39 is 11.6 Å². The number of anilines is 3. The predicted molar refractivity (Wildman–Crippen MR) is 123 cm³/mol. The first-order chi connectivity index (χ1) is 14.7. The van der Waals surface area contributed by atoms with E-state index in [4.69, 9.17) is 5.73 Å². The minimum absolute atomic E-state index is 0.321. The number of nitrogen functional groups attached to an aromatic ring is 1. The highest BCUT2D eigenvalue weighted by Gasteiger charge is 2.30. The molecule has 1 saturated carbocycles. The lowest BCUT2D eigenvalue weighted by Crippen LogP contribution is -2.44. The third kappa shape index (κ3) is 4.93. The van der Waals surface area contributed by atoms with Crippen LogP contribution >= 0.6 is 11.3 Å². The van der Waals surface area contributed by atoms with Gasteiger partial charge in [0.2, 0.25) is 5.95 Å². The van der Waals surface area contributed by atoms with Crippen molar-refractivity contribution in [2.45, 2.75) is 51.6 Å². The number of benzene rings is 1. The van der Waals surface area contributed by atoms with Gasteiger partial charge >= 0.3 is 6.09 Å². The lowest BCUT2D eigenvalue weighted by Gasteiger charge is -2.33. The third-order valence-corrected chi connectivity index (χ3v) is 6.04. The Morgan fingerprint density at radius 2 is 1.94 bits per heavy atom. The Kier molecular flexibility index (Phi) is 5.53. The van der Waals surface area contributed by atoms with Crippen LogP contribution in [-0.4, -0.2) is 36.6 Å². The van der Waals surface area contributed by atoms with Gasteiger partial charge in [-0.3, -0.25) is 4.90 Å². The van der Waals surface area contributed by atoms with Crippen LogP contribution in [0.4, 0.5) is 21.6 Å². The SMILES string of the molecule is CC(C)(C)N(Cc1ccc(Nc2nccc(-c3sc(N)nc3C3CC3)n2)cc1)C(=O)O. The molecule has 0 unspecified atom stereocenters. The smallest absolute Gasteiger partial charge is 0.408 e. The molecule has 31 heavy (non-hydrogen) atoms. The van der Waals surface area contributed by atoms with Gasteiger partial charge in [-0.15, -0.1) is 0 Å². The number of thiazole rings is 1. The molecule has 162 valence electrons. The zero-order chi connectivity index (χ0) is 22.2. The maximum atomic E-state index is 11.6. The van der Waals surface area contributed by atoms with Gasteiger partial charge in [-0.1, -0.05) is 23.5 Å². The fourth-order valence-corrected chi connectivity index (χ4v) is 4.20. The van der Waals surface area contributed by atoms with Crippen LogP contribution in [0.2, 0.25) is 0 Å². The molecule has 1 aromatic carbocycles. The normalized spacial score (nSPS) is 13.8. The third-order valence-electron chi connectivity index (χ3n) is 5.11. The van der Waals surface area contributed by atoms with Crippen LogP contribution in [0.1, 0.15) is 50.8 Å². The first-order valence-corrected chi connectivity index (χ1v) is 11.0. The Labute approximate surface area is 185 Å². The van der Waals surface area contributed by atoms with Gasteiger partial charge in [-0.2, -0.15) is 0 Å². The predicted octanol–water partition coefficient (Wildman–Crippen LogP) is 5.08. The van der Waals surface area contributed by atoms with Crippen molar-refractivity contribution in [3.8, 4) is 10.6 Å². The fourth-order valence-electron chi connectivity index (χ4n) is 3.31. The number of hydrogen-bond donors (Lipinski definition) is 3. The molecule has 9 heteroatoms. The molecule has 4 rings (SSSR count). The van der Waals surface area contributed by atoms with Crippen LogP contribution in [0.25, 0.3) is 10.6 Å². The number of rotatable bonds is 6. The van der Waals surface area contributed by atoms with Crippen LogP contribution in [0, 0.1) is 0 Å². The molecule has 0 aliphatic heterocycles. The minimum Gasteiger partial charge on any atom is -0.465 e. The highest BCUT2D eigenvalue weighted by Crippen LogP contribution is 2.46. The van der Waals surface area contributed by atoms with E-state index in [1.165, 1.54) is 16.2 Å². The molecule has 0 spiro atoms. The molecule has 2 heterocycles. The molecule has 0 saturated heterocycles. The average molecular weight is 439 g/mol. The maximum Gasteiger partial charge on any atom is 0.408 e. The fraction of sp³-hybridized carbons (Fsp3) is 0.364. The van der Waals surface area contributed by atoms with Crippen LogP contribution < -0.4 is 11.1 Å². The van der Waals surface area contributed by atoms with Crippen molar-refractivity contribution in [3.05, 3.63) is 47.8 Å². The van der Waals surface area contributed by atoms with Gasteiger partial charge in [-0.05, 0) is 57.4 Å². The Hall–Kier alpha value is -3.20. The molecule has 0 radical (unpaired) electrons. The maximum absolute atomic E-state index is 11.6. The Morgan fingerprint density at radius 3 is 2.55 bits per heavy atom. The zero-order valence-corrected chi connectivity index (χ0v) is 18.6. The van der Waals surface area contributed by atoms with Crippen molar-refractivity contribution >= 4 is 34.2 Å². The van der Waals surface area contributed by atoms with Gasteiger partial charge < -0.3 is 16.2 Å². The summed E-state index contributed by atoms with van der Waals surface area (Å²) in [5.74, 6) is 0.974. The van der Waals surface area contributed by atoms with E-state index in [1.54, 1.807) is 6.20 Å². The molecular weight excluding hydrogens is 412 g/mol. The van der Waals surface area contributed by atoms with Crippen molar-refractivity contribution in [1.29, 1.82) is 0 Å². The Bertz CT molecular complexity index is 1090. The minimum atomic E-state index is -0.936. The Morgan fingerprint density at radius 1 is 1.23 bits per heavy atom. The lowest BCUT2D eigenvalue weighted by atomic mass is 10.1. The molecule has 1 aliphatic rings. The van der Waals surface area contributed by atoms with E-state index >= 15 is 0 Å². The molecule has 1 amide bonds. The summed E-state index contributed by atoms with van der Waals surface area (Å²) in [5, 5.41) is 13.3. The lowest BCUT2D eigenvalue weighted by molar-refractivity contribution is 0.0955. The number of hydrogen-bond acceptors (Lipinski definition) is 7. The molecule has 0 atom stereocenters. The highest BCUT2D eigenvalue weighted by atomic mass is 32.1. The van der Waals surface area contributed by atoms with Gasteiger partial charge in [-0.25, -0.2) is 19.7 Å². The van der Waals surface area contributed by atoms with E-state index in [0.29, 0.717) is 23.5 Å². The van der Waals surface area contributed by atoms with E-state index in [2.05, 4.69) is 20.3 Å². The summed E-state index contributed by atoms with van der Waals surface area (Å²) in [4.78, 5) is 27.5. The van der Waals surface area contributed by atoms with Crippen LogP contribution in [-0.2, 0) is 6.54 Å². The molecule has 2 aromatic heterocycles. The van der Waals surface area contributed by atoms with Crippen LogP contribution in [0.15, 0.2) is 36.5 Å². The first-order valence-electron chi connectivity index (χ1n) is 10.2. The number of amides is 1. The molecule has 4 N–H and O–H groups in total. The van der Waals surface area contributed by atoms with Gasteiger partial charge in [0, 0.05) is 29.9 Å². The quantitative estimate of drug-likeness (QED) is 0.491. The van der Waals surface area contributed by atoms with Crippen LogP contribution in [0.5, 0.6) is 0 Å². The molecule has 0 bridgehead atoms. The Balaban J connectivity index is 1.49. The van der Waals surface area contributed by atoms with E-state index in [9.17, 15) is 9.90 Å². The van der Waals surface area contributed by atoms with Gasteiger partial charge in [0.1, 0.15) is 0 Å².